The van der Waals surface area contributed by atoms with Gasteiger partial charge in [-0.25, -0.2) is 12.7 Å². The van der Waals surface area contributed by atoms with Gasteiger partial charge < -0.3 is 10.1 Å². The van der Waals surface area contributed by atoms with E-state index in [0.29, 0.717) is 30.8 Å². The molecule has 0 spiro atoms. The Morgan fingerprint density at radius 3 is 2.44 bits per heavy atom. The lowest BCUT2D eigenvalue weighted by Gasteiger charge is -2.30. The fraction of sp³-hybridized carbons (Fsp3) is 0.350. The van der Waals surface area contributed by atoms with Crippen LogP contribution in [0.2, 0.25) is 0 Å². The zero-order valence-electron chi connectivity index (χ0n) is 15.3. The summed E-state index contributed by atoms with van der Waals surface area (Å²) in [7, 11) is -3.26. The van der Waals surface area contributed by atoms with Gasteiger partial charge in [0, 0.05) is 18.8 Å². The molecule has 0 saturated carbocycles. The molecule has 0 aliphatic carbocycles. The van der Waals surface area contributed by atoms with Crippen molar-refractivity contribution in [1.29, 1.82) is 0 Å². The average Bonchev–Trinajstić information content (AvgIpc) is 2.70. The first-order chi connectivity index (χ1) is 13.0. The van der Waals surface area contributed by atoms with E-state index in [-0.39, 0.29) is 24.1 Å². The maximum atomic E-state index is 12.5. The van der Waals surface area contributed by atoms with Crippen LogP contribution in [-0.4, -0.2) is 37.5 Å². The van der Waals surface area contributed by atoms with Gasteiger partial charge in [0.05, 0.1) is 11.7 Å². The maximum absolute atomic E-state index is 12.5. The number of anilines is 1. The number of piperidine rings is 1. The van der Waals surface area contributed by atoms with Crippen molar-refractivity contribution in [2.75, 3.05) is 24.2 Å². The van der Waals surface area contributed by atoms with E-state index in [1.807, 2.05) is 30.3 Å². The molecule has 1 N–H and O–H groups in total. The summed E-state index contributed by atoms with van der Waals surface area (Å²) < 4.78 is 31.3. The van der Waals surface area contributed by atoms with Crippen LogP contribution in [-0.2, 0) is 14.8 Å². The van der Waals surface area contributed by atoms with Crippen molar-refractivity contribution >= 4 is 21.6 Å². The molecule has 1 saturated heterocycles. The van der Waals surface area contributed by atoms with E-state index >= 15 is 0 Å². The highest BCUT2D eigenvalue weighted by Crippen LogP contribution is 2.24. The molecule has 3 rings (SSSR count). The summed E-state index contributed by atoms with van der Waals surface area (Å²) in [6.07, 6.45) is 1.39. The molecular weight excluding hydrogens is 364 g/mol. The summed E-state index contributed by atoms with van der Waals surface area (Å²) in [6.45, 7) is 2.36. The first-order valence-corrected chi connectivity index (χ1v) is 10.7. The van der Waals surface area contributed by atoms with Crippen molar-refractivity contribution in [2.24, 2.45) is 5.92 Å². The van der Waals surface area contributed by atoms with E-state index in [1.165, 1.54) is 4.31 Å². The molecule has 0 bridgehead atoms. The molecule has 1 atom stereocenters. The molecule has 27 heavy (non-hydrogen) atoms. The van der Waals surface area contributed by atoms with Gasteiger partial charge in [-0.1, -0.05) is 18.2 Å². The molecule has 0 unspecified atom stereocenters. The third-order valence-electron chi connectivity index (χ3n) is 4.61. The van der Waals surface area contributed by atoms with E-state index in [0.717, 1.165) is 5.75 Å². The molecule has 2 aromatic rings. The number of sulfonamides is 1. The highest BCUT2D eigenvalue weighted by atomic mass is 32.2. The number of ether oxygens (including phenoxy) is 1. The molecular formula is C20H24N2O4S. The van der Waals surface area contributed by atoms with Gasteiger partial charge in [0.25, 0.3) is 0 Å². The van der Waals surface area contributed by atoms with Crippen molar-refractivity contribution in [3.8, 4) is 11.5 Å². The lowest BCUT2D eigenvalue weighted by Crippen LogP contribution is -2.44. The largest absolute Gasteiger partial charge is 0.457 e. The number of benzene rings is 2. The predicted octanol–water partition coefficient (Wildman–Crippen LogP) is 3.48. The van der Waals surface area contributed by atoms with Crippen molar-refractivity contribution in [3.05, 3.63) is 54.6 Å². The molecule has 2 aromatic carbocycles. The smallest absolute Gasteiger partial charge is 0.228 e. The third kappa shape index (κ3) is 5.08. The highest BCUT2D eigenvalue weighted by Gasteiger charge is 2.31. The Morgan fingerprint density at radius 1 is 1.11 bits per heavy atom. The number of hydrogen-bond acceptors (Lipinski definition) is 4. The maximum Gasteiger partial charge on any atom is 0.228 e. The van der Waals surface area contributed by atoms with Gasteiger partial charge in [0.1, 0.15) is 11.5 Å². The summed E-state index contributed by atoms with van der Waals surface area (Å²) >= 11 is 0. The molecule has 1 fully saturated rings. The van der Waals surface area contributed by atoms with Crippen molar-refractivity contribution in [2.45, 2.75) is 19.8 Å². The second kappa shape index (κ2) is 8.54. The van der Waals surface area contributed by atoms with Crippen LogP contribution in [0.15, 0.2) is 54.6 Å². The second-order valence-corrected chi connectivity index (χ2v) is 8.78. The number of rotatable bonds is 6. The minimum absolute atomic E-state index is 0.0597. The fourth-order valence-electron chi connectivity index (χ4n) is 3.07. The van der Waals surface area contributed by atoms with E-state index in [1.54, 1.807) is 31.2 Å². The van der Waals surface area contributed by atoms with Crippen molar-refractivity contribution < 1.29 is 17.9 Å². The topological polar surface area (TPSA) is 75.7 Å². The first kappa shape index (κ1) is 19.4. The van der Waals surface area contributed by atoms with Gasteiger partial charge in [-0.2, -0.15) is 0 Å². The van der Waals surface area contributed by atoms with Gasteiger partial charge >= 0.3 is 0 Å². The summed E-state index contributed by atoms with van der Waals surface area (Å²) in [5.74, 6) is 0.998. The molecule has 144 valence electrons. The van der Waals surface area contributed by atoms with Gasteiger partial charge in [-0.3, -0.25) is 4.79 Å². The van der Waals surface area contributed by atoms with E-state index in [2.05, 4.69) is 5.32 Å². The fourth-order valence-corrected chi connectivity index (χ4v) is 4.25. The van der Waals surface area contributed by atoms with Crippen LogP contribution < -0.4 is 10.1 Å². The van der Waals surface area contributed by atoms with Crippen LogP contribution in [0.4, 0.5) is 5.69 Å². The molecule has 1 amide bonds. The van der Waals surface area contributed by atoms with Crippen LogP contribution >= 0.6 is 0 Å². The lowest BCUT2D eigenvalue weighted by molar-refractivity contribution is -0.120. The zero-order valence-corrected chi connectivity index (χ0v) is 16.1. The number of nitrogens with one attached hydrogen (secondary N) is 1. The molecule has 0 aromatic heterocycles. The second-order valence-electron chi connectivity index (χ2n) is 6.53. The Balaban J connectivity index is 1.59. The molecule has 6 nitrogen and oxygen atoms in total. The average molecular weight is 388 g/mol. The Labute approximate surface area is 160 Å². The van der Waals surface area contributed by atoms with Gasteiger partial charge in [0.2, 0.25) is 15.9 Å². The third-order valence-corrected chi connectivity index (χ3v) is 6.46. The van der Waals surface area contributed by atoms with E-state index < -0.39 is 10.0 Å². The normalized spacial score (nSPS) is 18.0. The van der Waals surface area contributed by atoms with Crippen molar-refractivity contribution in [3.63, 3.8) is 0 Å². The Bertz CT molecular complexity index is 867. The molecule has 0 radical (unpaired) electrons. The first-order valence-electron chi connectivity index (χ1n) is 9.09. The Morgan fingerprint density at radius 2 is 1.78 bits per heavy atom. The van der Waals surface area contributed by atoms with Crippen LogP contribution in [0.5, 0.6) is 11.5 Å². The van der Waals surface area contributed by atoms with Gasteiger partial charge in [0.15, 0.2) is 0 Å². The Kier molecular flexibility index (Phi) is 6.13. The molecule has 1 heterocycles. The van der Waals surface area contributed by atoms with Crippen LogP contribution in [0.3, 0.4) is 0 Å². The minimum Gasteiger partial charge on any atom is -0.457 e. The zero-order chi connectivity index (χ0) is 19.3. The summed E-state index contributed by atoms with van der Waals surface area (Å²) in [5.41, 5.74) is 0.663. The van der Waals surface area contributed by atoms with Gasteiger partial charge in [-0.15, -0.1) is 0 Å². The van der Waals surface area contributed by atoms with E-state index in [4.69, 9.17) is 4.74 Å². The van der Waals surface area contributed by atoms with Crippen molar-refractivity contribution in [1.82, 2.24) is 4.31 Å². The quantitative estimate of drug-likeness (QED) is 0.822. The predicted molar refractivity (Wildman–Crippen MR) is 105 cm³/mol. The highest BCUT2D eigenvalue weighted by molar-refractivity contribution is 7.89. The van der Waals surface area contributed by atoms with Gasteiger partial charge in [-0.05, 0) is 56.2 Å². The lowest BCUT2D eigenvalue weighted by atomic mass is 9.99. The summed E-state index contributed by atoms with van der Waals surface area (Å²) in [6, 6.07) is 16.6. The molecule has 7 heteroatoms. The standard InChI is InChI=1S/C20H24N2O4S/c1-2-27(24,25)22-14-6-7-16(15-22)20(23)21-17-10-12-19(13-11-17)26-18-8-4-3-5-9-18/h3-5,8-13,16H,2,6-7,14-15H2,1H3,(H,21,23)/t16-/m0/s1. The van der Waals surface area contributed by atoms with Crippen LogP contribution in [0.25, 0.3) is 0 Å². The SMILES string of the molecule is CCS(=O)(=O)N1CCC[C@H](C(=O)Nc2ccc(Oc3ccccc3)cc2)C1. The van der Waals surface area contributed by atoms with Crippen LogP contribution in [0, 0.1) is 5.92 Å². The van der Waals surface area contributed by atoms with E-state index in [9.17, 15) is 13.2 Å². The number of nitrogens with zero attached hydrogens (tertiary/aromatic N) is 1. The number of carbonyl (C=O) groups is 1. The monoisotopic (exact) mass is 388 g/mol. The number of para-hydroxylation sites is 1. The summed E-state index contributed by atoms with van der Waals surface area (Å²) in [4.78, 5) is 12.5. The summed E-state index contributed by atoms with van der Waals surface area (Å²) in [5, 5.41) is 2.88. The molecule has 1 aliphatic heterocycles. The number of carbonyl (C=O) groups excluding carboxylic acids is 1. The number of amides is 1. The number of hydrogen-bond donors (Lipinski definition) is 1. The molecule has 1 aliphatic rings. The Hall–Kier alpha value is -2.38. The minimum atomic E-state index is -3.26. The van der Waals surface area contributed by atoms with Crippen LogP contribution in [0.1, 0.15) is 19.8 Å².